The zero-order valence-corrected chi connectivity index (χ0v) is 8.00. The van der Waals surface area contributed by atoms with Crippen LogP contribution in [0.3, 0.4) is 0 Å². The fourth-order valence-electron chi connectivity index (χ4n) is 1.80. The van der Waals surface area contributed by atoms with Crippen LogP contribution in [-0.4, -0.2) is 30.2 Å². The van der Waals surface area contributed by atoms with E-state index in [-0.39, 0.29) is 12.8 Å². The van der Waals surface area contributed by atoms with E-state index >= 15 is 0 Å². The van der Waals surface area contributed by atoms with Gasteiger partial charge in [-0.2, -0.15) is 8.78 Å². The summed E-state index contributed by atoms with van der Waals surface area (Å²) in [7, 11) is 0.940. The molecule has 0 aliphatic heterocycles. The number of esters is 1. The molecular weight excluding hydrogens is 194 g/mol. The van der Waals surface area contributed by atoms with E-state index in [0.717, 1.165) is 7.11 Å². The Bertz CT molecular complexity index is 218. The van der Waals surface area contributed by atoms with Gasteiger partial charge in [0.25, 0.3) is 0 Å². The van der Waals surface area contributed by atoms with Crippen molar-refractivity contribution in [3.05, 3.63) is 0 Å². The predicted octanol–water partition coefficient (Wildman–Crippen LogP) is 1.35. The third-order valence-electron chi connectivity index (χ3n) is 2.62. The first-order valence-electron chi connectivity index (χ1n) is 4.62. The molecule has 1 saturated carbocycles. The maximum absolute atomic E-state index is 13.3. The number of halogens is 2. The zero-order valence-electron chi connectivity index (χ0n) is 8.00. The van der Waals surface area contributed by atoms with Crippen molar-refractivity contribution in [2.75, 3.05) is 7.11 Å². The smallest absolute Gasteiger partial charge is 0.377 e. The number of hydrogen-bond acceptors (Lipinski definition) is 3. The van der Waals surface area contributed by atoms with E-state index in [4.69, 9.17) is 0 Å². The average molecular weight is 208 g/mol. The molecule has 82 valence electrons. The molecule has 0 bridgehead atoms. The first kappa shape index (κ1) is 11.4. The average Bonchev–Trinajstić information content (AvgIpc) is 2.16. The summed E-state index contributed by atoms with van der Waals surface area (Å²) in [4.78, 5) is 10.8. The summed E-state index contributed by atoms with van der Waals surface area (Å²) in [5, 5.41) is 9.21. The van der Waals surface area contributed by atoms with Gasteiger partial charge in [0, 0.05) is 5.92 Å². The fraction of sp³-hybridized carbons (Fsp3) is 0.889. The van der Waals surface area contributed by atoms with Gasteiger partial charge in [-0.15, -0.1) is 0 Å². The van der Waals surface area contributed by atoms with Crippen LogP contribution in [0.5, 0.6) is 0 Å². The Balaban J connectivity index is 2.66. The van der Waals surface area contributed by atoms with Crippen LogP contribution < -0.4 is 0 Å². The van der Waals surface area contributed by atoms with Gasteiger partial charge in [0.1, 0.15) is 0 Å². The van der Waals surface area contributed by atoms with Gasteiger partial charge in [-0.05, 0) is 19.3 Å². The highest BCUT2D eigenvalue weighted by Gasteiger charge is 2.49. The standard InChI is InChI=1S/C9H14F2O3/c1-14-8(13)9(10,11)6-3-2-4-7(12)5-6/h6-7,12H,2-5H2,1H3. The third kappa shape index (κ3) is 2.20. The molecule has 0 heterocycles. The van der Waals surface area contributed by atoms with Gasteiger partial charge in [-0.25, -0.2) is 4.79 Å². The first-order valence-corrected chi connectivity index (χ1v) is 4.62. The van der Waals surface area contributed by atoms with E-state index in [1.54, 1.807) is 0 Å². The number of aliphatic hydroxyl groups is 1. The fourth-order valence-corrected chi connectivity index (χ4v) is 1.80. The maximum Gasteiger partial charge on any atom is 0.377 e. The SMILES string of the molecule is COC(=O)C(F)(F)C1CCCC(O)C1. The lowest BCUT2D eigenvalue weighted by Crippen LogP contribution is -2.41. The van der Waals surface area contributed by atoms with Gasteiger partial charge in [0.15, 0.2) is 0 Å². The van der Waals surface area contributed by atoms with Gasteiger partial charge in [-0.1, -0.05) is 6.42 Å². The lowest BCUT2D eigenvalue weighted by molar-refractivity contribution is -0.181. The van der Waals surface area contributed by atoms with Gasteiger partial charge in [-0.3, -0.25) is 0 Å². The van der Waals surface area contributed by atoms with Crippen LogP contribution >= 0.6 is 0 Å². The molecule has 5 heteroatoms. The summed E-state index contributed by atoms with van der Waals surface area (Å²) >= 11 is 0. The van der Waals surface area contributed by atoms with E-state index in [1.807, 2.05) is 0 Å². The van der Waals surface area contributed by atoms with Gasteiger partial charge in [0.2, 0.25) is 0 Å². The van der Waals surface area contributed by atoms with E-state index in [0.29, 0.717) is 12.8 Å². The molecule has 0 radical (unpaired) electrons. The highest BCUT2D eigenvalue weighted by molar-refractivity contribution is 5.77. The zero-order chi connectivity index (χ0) is 10.8. The number of ether oxygens (including phenoxy) is 1. The Labute approximate surface area is 81.1 Å². The van der Waals surface area contributed by atoms with Crippen molar-refractivity contribution in [2.24, 2.45) is 5.92 Å². The monoisotopic (exact) mass is 208 g/mol. The van der Waals surface area contributed by atoms with Gasteiger partial charge < -0.3 is 9.84 Å². The lowest BCUT2D eigenvalue weighted by atomic mass is 9.83. The molecule has 0 aromatic heterocycles. The van der Waals surface area contributed by atoms with Crippen molar-refractivity contribution < 1.29 is 23.4 Å². The second-order valence-electron chi connectivity index (χ2n) is 3.63. The minimum atomic E-state index is -3.46. The molecule has 0 saturated heterocycles. The highest BCUT2D eigenvalue weighted by Crippen LogP contribution is 2.37. The third-order valence-corrected chi connectivity index (χ3v) is 2.62. The highest BCUT2D eigenvalue weighted by atomic mass is 19.3. The first-order chi connectivity index (χ1) is 6.48. The molecule has 1 aliphatic rings. The summed E-state index contributed by atoms with van der Waals surface area (Å²) in [6, 6.07) is 0. The molecule has 2 atom stereocenters. The summed E-state index contributed by atoms with van der Waals surface area (Å²) in [6.45, 7) is 0. The van der Waals surface area contributed by atoms with Crippen LogP contribution in [0.25, 0.3) is 0 Å². The second-order valence-corrected chi connectivity index (χ2v) is 3.63. The summed E-state index contributed by atoms with van der Waals surface area (Å²) in [5.74, 6) is -6.05. The summed E-state index contributed by atoms with van der Waals surface area (Å²) in [5.41, 5.74) is 0. The number of hydrogen-bond donors (Lipinski definition) is 1. The van der Waals surface area contributed by atoms with Crippen molar-refractivity contribution >= 4 is 5.97 Å². The van der Waals surface area contributed by atoms with E-state index in [2.05, 4.69) is 4.74 Å². The van der Waals surface area contributed by atoms with Crippen LogP contribution in [0, 0.1) is 5.92 Å². The molecule has 1 N–H and O–H groups in total. The number of methoxy groups -OCH3 is 1. The Kier molecular flexibility index (Phi) is 3.42. The molecule has 3 nitrogen and oxygen atoms in total. The molecule has 14 heavy (non-hydrogen) atoms. The molecule has 0 spiro atoms. The predicted molar refractivity (Wildman–Crippen MR) is 44.9 cm³/mol. The minimum absolute atomic E-state index is 0.0257. The number of carbonyl (C=O) groups excluding carboxylic acids is 1. The largest absolute Gasteiger partial charge is 0.465 e. The topological polar surface area (TPSA) is 46.5 Å². The molecule has 0 amide bonds. The van der Waals surface area contributed by atoms with Crippen LogP contribution in [0.2, 0.25) is 0 Å². The van der Waals surface area contributed by atoms with Crippen LogP contribution in [0.15, 0.2) is 0 Å². The molecular formula is C9H14F2O3. The lowest BCUT2D eigenvalue weighted by Gasteiger charge is -2.30. The van der Waals surface area contributed by atoms with Crippen molar-refractivity contribution in [1.82, 2.24) is 0 Å². The number of aliphatic hydroxyl groups excluding tert-OH is 1. The van der Waals surface area contributed by atoms with Crippen LogP contribution in [0.1, 0.15) is 25.7 Å². The normalized spacial score (nSPS) is 28.6. The Morgan fingerprint density at radius 1 is 1.50 bits per heavy atom. The molecule has 2 unspecified atom stereocenters. The number of alkyl halides is 2. The van der Waals surface area contributed by atoms with Crippen molar-refractivity contribution in [1.29, 1.82) is 0 Å². The molecule has 1 fully saturated rings. The molecule has 0 aromatic rings. The summed E-state index contributed by atoms with van der Waals surface area (Å²) in [6.07, 6.45) is 0.581. The van der Waals surface area contributed by atoms with Crippen molar-refractivity contribution in [3.8, 4) is 0 Å². The van der Waals surface area contributed by atoms with E-state index in [9.17, 15) is 18.7 Å². The second kappa shape index (κ2) is 4.21. The van der Waals surface area contributed by atoms with Crippen molar-refractivity contribution in [3.63, 3.8) is 0 Å². The molecule has 1 aliphatic carbocycles. The minimum Gasteiger partial charge on any atom is -0.465 e. The Hall–Kier alpha value is -0.710. The quantitative estimate of drug-likeness (QED) is 0.697. The van der Waals surface area contributed by atoms with Gasteiger partial charge in [0.05, 0.1) is 13.2 Å². The van der Waals surface area contributed by atoms with E-state index < -0.39 is 23.9 Å². The summed E-state index contributed by atoms with van der Waals surface area (Å²) < 4.78 is 30.6. The molecule has 0 aromatic carbocycles. The van der Waals surface area contributed by atoms with Crippen LogP contribution in [-0.2, 0) is 9.53 Å². The van der Waals surface area contributed by atoms with Crippen molar-refractivity contribution in [2.45, 2.75) is 37.7 Å². The maximum atomic E-state index is 13.3. The van der Waals surface area contributed by atoms with E-state index in [1.165, 1.54) is 0 Å². The molecule has 1 rings (SSSR count). The van der Waals surface area contributed by atoms with Crippen LogP contribution in [0.4, 0.5) is 8.78 Å². The number of carbonyl (C=O) groups is 1. The Morgan fingerprint density at radius 3 is 2.64 bits per heavy atom. The Morgan fingerprint density at radius 2 is 2.14 bits per heavy atom. The number of rotatable bonds is 2. The van der Waals surface area contributed by atoms with Gasteiger partial charge >= 0.3 is 11.9 Å².